The highest BCUT2D eigenvalue weighted by Gasteiger charge is 2.53. The number of cyclic esters (lactones) is 1. The number of fused-ring (bicyclic) bond motifs is 3. The fourth-order valence-corrected chi connectivity index (χ4v) is 11.3. The van der Waals surface area contributed by atoms with Gasteiger partial charge >= 0.3 is 5.97 Å². The fourth-order valence-electron chi connectivity index (χ4n) is 11.3. The Morgan fingerprint density at radius 3 is 2.31 bits per heavy atom. The zero-order valence-corrected chi connectivity index (χ0v) is 45.3. The molecule has 3 heterocycles. The number of Topliss-reactive ketones (excluding diaryl/α,β-unsaturated/α-hetero) is 3. The van der Waals surface area contributed by atoms with Gasteiger partial charge in [-0.1, -0.05) is 77.5 Å². The minimum Gasteiger partial charge on any atom is -0.460 e. The summed E-state index contributed by atoms with van der Waals surface area (Å²) in [4.78, 5) is 72.7. The molecule has 72 heavy (non-hydrogen) atoms. The highest BCUT2D eigenvalue weighted by Crippen LogP contribution is 2.40. The van der Waals surface area contributed by atoms with Gasteiger partial charge in [0.05, 0.1) is 31.5 Å². The Bertz CT molecular complexity index is 1880. The second-order valence-electron chi connectivity index (χ2n) is 21.6. The summed E-state index contributed by atoms with van der Waals surface area (Å²) in [5, 5.41) is 33.0. The standard InChI is InChI=1S/C57H91NO14/c1-36-18-12-11-13-19-37(2)48(70-29-28-67-8)34-45-25-22-42(7)57(66,72-45)54(63)55(64)58-26-16-14-21-46(58)56(65)71-49(39(4)32-43-23-24-44(20-15-17-27-59)50(33-43)68-9)35-47(60)38(3)31-41(6)52(62)53(69-10)51(61)40(5)30-36/h11-13,18-19,31,36,38-40,42-46,48-50,52-53,59,62,66H,14-17,20-30,32-35H2,1-10H3/b13-11+,18-12+,37-19+,41-31+/t36-,38-,39-,40-,42-,43+,44-,45+,46?,48-,49+,50-,52-,53+,57-/m1/s1. The lowest BCUT2D eigenvalue weighted by molar-refractivity contribution is -0.266. The van der Waals surface area contributed by atoms with Crippen molar-refractivity contribution in [1.82, 2.24) is 4.90 Å². The maximum Gasteiger partial charge on any atom is 0.329 e. The second kappa shape index (κ2) is 30.2. The van der Waals surface area contributed by atoms with Crippen molar-refractivity contribution in [2.45, 2.75) is 193 Å². The third kappa shape index (κ3) is 17.3. The summed E-state index contributed by atoms with van der Waals surface area (Å²) in [5.74, 6) is -7.45. The molecular formula is C57H91NO14. The Balaban J connectivity index is 1.71. The van der Waals surface area contributed by atoms with E-state index >= 15 is 0 Å². The molecule has 0 aromatic carbocycles. The number of methoxy groups -OCH3 is 3. The lowest BCUT2D eigenvalue weighted by Crippen LogP contribution is -2.61. The Kier molecular flexibility index (Phi) is 25.7. The van der Waals surface area contributed by atoms with Gasteiger partial charge in [-0.3, -0.25) is 19.2 Å². The number of ketones is 3. The molecule has 0 aromatic heterocycles. The zero-order valence-electron chi connectivity index (χ0n) is 45.3. The van der Waals surface area contributed by atoms with Gasteiger partial charge in [0.2, 0.25) is 5.79 Å². The van der Waals surface area contributed by atoms with Crippen molar-refractivity contribution < 1.29 is 67.7 Å². The molecule has 1 unspecified atom stereocenters. The molecule has 408 valence electrons. The number of carbonyl (C=O) groups is 5. The summed E-state index contributed by atoms with van der Waals surface area (Å²) < 4.78 is 35.7. The molecule has 15 nitrogen and oxygen atoms in total. The molecule has 15 heteroatoms. The summed E-state index contributed by atoms with van der Waals surface area (Å²) in [6, 6.07) is -1.14. The minimum absolute atomic E-state index is 0.00645. The van der Waals surface area contributed by atoms with E-state index in [0.29, 0.717) is 56.6 Å². The highest BCUT2D eigenvalue weighted by atomic mass is 16.6. The predicted molar refractivity (Wildman–Crippen MR) is 274 cm³/mol. The molecule has 0 radical (unpaired) electrons. The SMILES string of the molecule is COCCO[C@@H]1C[C@@H]2CC[C@@H](C)[C@@](O)(O2)C(=O)C(=O)N2CCCCC2C(=O)O[C@H]([C@H](C)C[C@@H]2CC[C@@H](CCCCO)[C@H](OC)C2)CC(=O)[C@H](C)/C=C(\C)[C@@H](O)[C@@H](OC)C(=O)[C@H](C)C[C@H](C)/C=C/C=C/C=C/1C. The first-order chi connectivity index (χ1) is 34.3. The fraction of sp³-hybridized carbons (Fsp3) is 0.772. The van der Waals surface area contributed by atoms with E-state index in [1.54, 1.807) is 41.1 Å². The molecule has 2 saturated heterocycles. The van der Waals surface area contributed by atoms with Crippen molar-refractivity contribution in [3.8, 4) is 0 Å². The van der Waals surface area contributed by atoms with E-state index in [-0.39, 0.29) is 74.4 Å². The number of aliphatic hydroxyl groups excluding tert-OH is 2. The summed E-state index contributed by atoms with van der Waals surface area (Å²) in [7, 11) is 4.70. The number of piperidine rings is 1. The summed E-state index contributed by atoms with van der Waals surface area (Å²) in [5.41, 5.74) is 1.26. The quantitative estimate of drug-likeness (QED) is 0.0703. The van der Waals surface area contributed by atoms with Crippen LogP contribution in [-0.2, 0) is 52.4 Å². The van der Waals surface area contributed by atoms with Crippen LogP contribution in [0.25, 0.3) is 0 Å². The van der Waals surface area contributed by atoms with Crippen molar-refractivity contribution >= 4 is 29.2 Å². The van der Waals surface area contributed by atoms with Gasteiger partial charge in [-0.15, -0.1) is 0 Å². The van der Waals surface area contributed by atoms with Gasteiger partial charge in [0.1, 0.15) is 30.1 Å². The van der Waals surface area contributed by atoms with Gasteiger partial charge in [0.25, 0.3) is 11.7 Å². The third-order valence-corrected chi connectivity index (χ3v) is 16.0. The summed E-state index contributed by atoms with van der Waals surface area (Å²) in [6.07, 6.45) is 15.6. The van der Waals surface area contributed by atoms with Crippen LogP contribution >= 0.6 is 0 Å². The van der Waals surface area contributed by atoms with Crippen LogP contribution in [0.1, 0.15) is 145 Å². The molecule has 1 amide bonds. The number of ether oxygens (including phenoxy) is 6. The average molecular weight is 1010 g/mol. The number of amides is 1. The maximum atomic E-state index is 14.6. The first kappa shape index (κ1) is 61.1. The monoisotopic (exact) mass is 1010 g/mol. The van der Waals surface area contributed by atoms with Gasteiger partial charge in [-0.25, -0.2) is 4.79 Å². The summed E-state index contributed by atoms with van der Waals surface area (Å²) >= 11 is 0. The smallest absolute Gasteiger partial charge is 0.329 e. The number of hydrogen-bond acceptors (Lipinski definition) is 14. The first-order valence-electron chi connectivity index (χ1n) is 27.0. The number of carbonyl (C=O) groups excluding carboxylic acids is 5. The topological polar surface area (TPSA) is 205 Å². The van der Waals surface area contributed by atoms with E-state index in [4.69, 9.17) is 28.4 Å². The number of rotatable bonds is 13. The van der Waals surface area contributed by atoms with Crippen LogP contribution in [0.15, 0.2) is 47.6 Å². The normalized spacial score (nSPS) is 37.7. The van der Waals surface area contributed by atoms with Crippen molar-refractivity contribution in [2.24, 2.45) is 41.4 Å². The molecule has 3 fully saturated rings. The van der Waals surface area contributed by atoms with Gasteiger partial charge in [0, 0.05) is 65.1 Å². The predicted octanol–water partition coefficient (Wildman–Crippen LogP) is 7.62. The Morgan fingerprint density at radius 2 is 1.61 bits per heavy atom. The number of hydrogen-bond donors (Lipinski definition) is 3. The largest absolute Gasteiger partial charge is 0.460 e. The van der Waals surface area contributed by atoms with E-state index in [0.717, 1.165) is 44.1 Å². The van der Waals surface area contributed by atoms with Crippen LogP contribution in [0, 0.1) is 41.4 Å². The Hall–Kier alpha value is -3.41. The van der Waals surface area contributed by atoms with E-state index in [9.17, 15) is 39.3 Å². The molecule has 3 aliphatic heterocycles. The van der Waals surface area contributed by atoms with E-state index in [1.165, 1.54) is 12.0 Å². The summed E-state index contributed by atoms with van der Waals surface area (Å²) in [6.45, 7) is 13.7. The number of aliphatic hydroxyl groups is 3. The van der Waals surface area contributed by atoms with Crippen molar-refractivity contribution in [1.29, 1.82) is 0 Å². The van der Waals surface area contributed by atoms with E-state index < -0.39 is 77.8 Å². The van der Waals surface area contributed by atoms with Crippen LogP contribution in [-0.4, -0.2) is 146 Å². The lowest BCUT2D eigenvalue weighted by Gasteiger charge is -2.43. The average Bonchev–Trinajstić information content (AvgIpc) is 3.36. The van der Waals surface area contributed by atoms with Crippen LogP contribution < -0.4 is 0 Å². The van der Waals surface area contributed by atoms with E-state index in [2.05, 4.69) is 0 Å². The number of nitrogens with zero attached hydrogens (tertiary/aromatic N) is 1. The van der Waals surface area contributed by atoms with Crippen molar-refractivity contribution in [2.75, 3.05) is 47.7 Å². The number of allylic oxidation sites excluding steroid dienone is 6. The number of esters is 1. The van der Waals surface area contributed by atoms with E-state index in [1.807, 2.05) is 58.1 Å². The molecule has 1 aliphatic carbocycles. The van der Waals surface area contributed by atoms with Crippen LogP contribution in [0.3, 0.4) is 0 Å². The maximum absolute atomic E-state index is 14.6. The van der Waals surface area contributed by atoms with Gasteiger partial charge in [0.15, 0.2) is 5.78 Å². The lowest BCUT2D eigenvalue weighted by atomic mass is 9.74. The van der Waals surface area contributed by atoms with Gasteiger partial charge in [-0.05, 0) is 126 Å². The molecular weight excluding hydrogens is 923 g/mol. The molecule has 4 rings (SSSR count). The molecule has 15 atom stereocenters. The van der Waals surface area contributed by atoms with Crippen molar-refractivity contribution in [3.05, 3.63) is 47.6 Å². The number of unbranched alkanes of at least 4 members (excludes halogenated alkanes) is 1. The second-order valence-corrected chi connectivity index (χ2v) is 21.6. The van der Waals surface area contributed by atoms with Crippen LogP contribution in [0.4, 0.5) is 0 Å². The molecule has 0 spiro atoms. The highest BCUT2D eigenvalue weighted by molar-refractivity contribution is 6.39. The van der Waals surface area contributed by atoms with Gasteiger partial charge < -0.3 is 48.6 Å². The first-order valence-corrected chi connectivity index (χ1v) is 27.0. The van der Waals surface area contributed by atoms with Crippen LogP contribution in [0.5, 0.6) is 0 Å². The Labute approximate surface area is 430 Å². The third-order valence-electron chi connectivity index (χ3n) is 16.0. The van der Waals surface area contributed by atoms with Gasteiger partial charge in [-0.2, -0.15) is 0 Å². The minimum atomic E-state index is -2.45. The molecule has 0 aromatic rings. The Morgan fingerprint density at radius 1 is 0.861 bits per heavy atom. The molecule has 4 aliphatic rings. The zero-order chi connectivity index (χ0) is 53.1. The molecule has 1 saturated carbocycles. The molecule has 2 bridgehead atoms. The molecule has 3 N–H and O–H groups in total. The van der Waals surface area contributed by atoms with Crippen LogP contribution in [0.2, 0.25) is 0 Å². The van der Waals surface area contributed by atoms with Crippen molar-refractivity contribution in [3.63, 3.8) is 0 Å².